The van der Waals surface area contributed by atoms with Crippen LogP contribution in [-0.2, 0) is 14.3 Å². The summed E-state index contributed by atoms with van der Waals surface area (Å²) < 4.78 is 15.2. The number of β-lactam (4-membered cyclic amide) rings is 1. The Morgan fingerprint density at radius 1 is 1.18 bits per heavy atom. The smallest absolute Gasteiger partial charge is 0.327 e. The fourth-order valence-corrected chi connectivity index (χ4v) is 5.36. The first-order valence-electron chi connectivity index (χ1n) is 8.46. The van der Waals surface area contributed by atoms with Gasteiger partial charge in [0.05, 0.1) is 14.2 Å². The van der Waals surface area contributed by atoms with Crippen LogP contribution in [0.15, 0.2) is 18.2 Å². The van der Waals surface area contributed by atoms with Gasteiger partial charge in [-0.3, -0.25) is 9.59 Å². The van der Waals surface area contributed by atoms with E-state index < -0.39 is 39.7 Å². The first kappa shape index (κ1) is 20.3. The summed E-state index contributed by atoms with van der Waals surface area (Å²) in [5.74, 6) is -1.78. The maximum absolute atomic E-state index is 13.0. The van der Waals surface area contributed by atoms with Crippen LogP contribution in [0.5, 0.6) is 11.5 Å². The molecule has 0 bridgehead atoms. The molecule has 1 unspecified atom stereocenters. The van der Waals surface area contributed by atoms with Gasteiger partial charge < -0.3 is 29.5 Å². The van der Waals surface area contributed by atoms with E-state index in [0.29, 0.717) is 0 Å². The van der Waals surface area contributed by atoms with Crippen molar-refractivity contribution < 1.29 is 33.7 Å². The third-order valence-corrected chi connectivity index (χ3v) is 6.63. The average Bonchev–Trinajstić information content (AvgIpc) is 2.93. The molecular formula is C18H22N2O7S. The Morgan fingerprint density at radius 3 is 2.21 bits per heavy atom. The number of ether oxygens (including phenoxy) is 3. The predicted octanol–water partition coefficient (Wildman–Crippen LogP) is 0.923. The molecule has 3 rings (SSSR count). The number of carbonyl (C=O) groups is 3. The third-order valence-electron chi connectivity index (χ3n) is 5.01. The fourth-order valence-electron chi connectivity index (χ4n) is 3.69. The molecule has 3 atom stereocenters. The number of hydrogen-bond donors (Lipinski definition) is 2. The molecule has 2 N–H and O–H groups in total. The quantitative estimate of drug-likeness (QED) is 0.526. The molecule has 0 aliphatic carbocycles. The molecule has 10 heteroatoms. The van der Waals surface area contributed by atoms with Gasteiger partial charge in [0.2, 0.25) is 0 Å². The largest absolute Gasteiger partial charge is 0.496 e. The molecule has 0 saturated carbocycles. The van der Waals surface area contributed by atoms with Crippen molar-refractivity contribution in [3.8, 4) is 11.5 Å². The molecule has 0 aromatic heterocycles. The van der Waals surface area contributed by atoms with Crippen molar-refractivity contribution in [3.63, 3.8) is 0 Å². The minimum atomic E-state index is -1.67. The van der Waals surface area contributed by atoms with Crippen LogP contribution in [0, 0.1) is 0 Å². The van der Waals surface area contributed by atoms with E-state index >= 15 is 0 Å². The van der Waals surface area contributed by atoms with Gasteiger partial charge in [-0.15, -0.1) is 11.8 Å². The Hall–Kier alpha value is -2.46. The lowest BCUT2D eigenvalue weighted by molar-refractivity contribution is -0.197. The molecule has 1 aromatic carbocycles. The lowest BCUT2D eigenvalue weighted by Crippen LogP contribution is -2.80. The molecule has 9 nitrogen and oxygen atoms in total. The van der Waals surface area contributed by atoms with Gasteiger partial charge in [-0.2, -0.15) is 0 Å². The minimum Gasteiger partial charge on any atom is -0.496 e. The number of aliphatic carboxylic acids is 1. The SMILES string of the molecule is COc1cccc(OC)c1C(=O)NC1(OC)C(=O)N2[C@@H](C(=O)O)C(C)(C)S[C@@H]21. The van der Waals surface area contributed by atoms with Crippen molar-refractivity contribution in [1.29, 1.82) is 0 Å². The lowest BCUT2D eigenvalue weighted by Gasteiger charge is -2.51. The van der Waals surface area contributed by atoms with Gasteiger partial charge in [0.25, 0.3) is 17.5 Å². The molecule has 0 spiro atoms. The summed E-state index contributed by atoms with van der Waals surface area (Å²) in [6, 6.07) is 3.85. The van der Waals surface area contributed by atoms with E-state index in [2.05, 4.69) is 5.32 Å². The van der Waals surface area contributed by atoms with Crippen LogP contribution in [-0.4, -0.2) is 71.0 Å². The summed E-state index contributed by atoms with van der Waals surface area (Å²) in [5.41, 5.74) is -1.55. The number of carboxylic acid groups (broad SMARTS) is 1. The van der Waals surface area contributed by atoms with E-state index in [9.17, 15) is 19.5 Å². The maximum Gasteiger partial charge on any atom is 0.327 e. The number of hydrogen-bond acceptors (Lipinski definition) is 7. The lowest BCUT2D eigenvalue weighted by atomic mass is 9.93. The standard InChI is InChI=1S/C18H22N2O7S/c1-17(2)12(14(22)23)20-15(24)18(27-5,16(20)28-17)19-13(21)11-9(25-3)7-6-8-10(11)26-4/h6-8,12,16H,1-5H3,(H,19,21)(H,22,23)/t12-,16+,18?/m0/s1. The molecule has 2 heterocycles. The van der Waals surface area contributed by atoms with Crippen molar-refractivity contribution in [1.82, 2.24) is 10.2 Å². The summed E-state index contributed by atoms with van der Waals surface area (Å²) in [4.78, 5) is 38.9. The predicted molar refractivity (Wildman–Crippen MR) is 100 cm³/mol. The fraction of sp³-hybridized carbons (Fsp3) is 0.500. The van der Waals surface area contributed by atoms with E-state index in [-0.39, 0.29) is 17.1 Å². The highest BCUT2D eigenvalue weighted by Gasteiger charge is 2.73. The normalized spacial score (nSPS) is 27.6. The number of benzene rings is 1. The summed E-state index contributed by atoms with van der Waals surface area (Å²) in [6.07, 6.45) is 0. The van der Waals surface area contributed by atoms with Crippen LogP contribution in [0.25, 0.3) is 0 Å². The van der Waals surface area contributed by atoms with E-state index in [4.69, 9.17) is 14.2 Å². The molecule has 2 amide bonds. The second kappa shape index (κ2) is 6.85. The van der Waals surface area contributed by atoms with E-state index in [1.54, 1.807) is 32.0 Å². The Morgan fingerprint density at radius 2 is 1.75 bits per heavy atom. The highest BCUT2D eigenvalue weighted by Crippen LogP contribution is 2.55. The van der Waals surface area contributed by atoms with Crippen LogP contribution in [0.4, 0.5) is 0 Å². The summed E-state index contributed by atoms with van der Waals surface area (Å²) in [6.45, 7) is 3.49. The summed E-state index contributed by atoms with van der Waals surface area (Å²) in [5, 5.41) is 11.5. The maximum atomic E-state index is 13.0. The number of amides is 2. The van der Waals surface area contributed by atoms with Gasteiger partial charge in [-0.1, -0.05) is 6.07 Å². The highest BCUT2D eigenvalue weighted by molar-refractivity contribution is 8.01. The number of methoxy groups -OCH3 is 3. The van der Waals surface area contributed by atoms with Crippen LogP contribution >= 0.6 is 11.8 Å². The number of nitrogens with zero attached hydrogens (tertiary/aromatic N) is 1. The molecule has 2 saturated heterocycles. The molecule has 1 aromatic rings. The van der Waals surface area contributed by atoms with Gasteiger partial charge in [-0.25, -0.2) is 4.79 Å². The molecule has 28 heavy (non-hydrogen) atoms. The van der Waals surface area contributed by atoms with Crippen LogP contribution in [0.2, 0.25) is 0 Å². The number of rotatable bonds is 6. The zero-order chi connectivity index (χ0) is 20.9. The summed E-state index contributed by atoms with van der Waals surface area (Å²) >= 11 is 1.27. The Bertz CT molecular complexity index is 821. The van der Waals surface area contributed by atoms with Crippen molar-refractivity contribution >= 4 is 29.5 Å². The van der Waals surface area contributed by atoms with Crippen LogP contribution < -0.4 is 14.8 Å². The molecule has 2 aliphatic heterocycles. The number of thioether (sulfide) groups is 1. The Balaban J connectivity index is 1.96. The monoisotopic (exact) mass is 410 g/mol. The topological polar surface area (TPSA) is 114 Å². The highest BCUT2D eigenvalue weighted by atomic mass is 32.2. The van der Waals surface area contributed by atoms with Gasteiger partial charge in [0.15, 0.2) is 0 Å². The number of carbonyl (C=O) groups excluding carboxylic acids is 2. The second-order valence-electron chi connectivity index (χ2n) is 6.96. The van der Waals surface area contributed by atoms with Gasteiger partial charge in [0, 0.05) is 11.9 Å². The first-order valence-corrected chi connectivity index (χ1v) is 9.34. The van der Waals surface area contributed by atoms with Gasteiger partial charge in [-0.05, 0) is 26.0 Å². The van der Waals surface area contributed by atoms with Crippen LogP contribution in [0.3, 0.4) is 0 Å². The van der Waals surface area contributed by atoms with Crippen LogP contribution in [0.1, 0.15) is 24.2 Å². The first-order chi connectivity index (χ1) is 13.1. The Kier molecular flexibility index (Phi) is 4.96. The number of fused-ring (bicyclic) bond motifs is 1. The van der Waals surface area contributed by atoms with E-state index in [1.807, 2.05) is 0 Å². The molecule has 152 valence electrons. The van der Waals surface area contributed by atoms with Crippen molar-refractivity contribution in [2.45, 2.75) is 35.7 Å². The summed E-state index contributed by atoms with van der Waals surface area (Å²) in [7, 11) is 4.14. The Labute approximate surface area is 166 Å². The zero-order valence-corrected chi connectivity index (χ0v) is 17.0. The van der Waals surface area contributed by atoms with E-state index in [0.717, 1.165) is 0 Å². The third kappa shape index (κ3) is 2.70. The minimum absolute atomic E-state index is 0.118. The van der Waals surface area contributed by atoms with Crippen molar-refractivity contribution in [2.24, 2.45) is 0 Å². The number of carboxylic acids is 1. The second-order valence-corrected chi connectivity index (χ2v) is 8.69. The van der Waals surface area contributed by atoms with Gasteiger partial charge >= 0.3 is 5.97 Å². The molecule has 2 aliphatic rings. The molecular weight excluding hydrogens is 388 g/mol. The van der Waals surface area contributed by atoms with Crippen molar-refractivity contribution in [3.05, 3.63) is 23.8 Å². The number of nitrogens with one attached hydrogen (secondary N) is 1. The van der Waals surface area contributed by atoms with E-state index in [1.165, 1.54) is 38.0 Å². The molecule has 2 fully saturated rings. The molecule has 0 radical (unpaired) electrons. The van der Waals surface area contributed by atoms with Crippen molar-refractivity contribution in [2.75, 3.05) is 21.3 Å². The average molecular weight is 410 g/mol. The van der Waals surface area contributed by atoms with Gasteiger partial charge in [0.1, 0.15) is 28.5 Å². The zero-order valence-electron chi connectivity index (χ0n) is 16.1.